The van der Waals surface area contributed by atoms with E-state index in [4.69, 9.17) is 4.42 Å². The van der Waals surface area contributed by atoms with Crippen molar-refractivity contribution in [3.05, 3.63) is 58.6 Å². The van der Waals surface area contributed by atoms with Crippen molar-refractivity contribution < 1.29 is 18.0 Å². The van der Waals surface area contributed by atoms with Crippen molar-refractivity contribution in [2.45, 2.75) is 6.42 Å². The number of carbonyl (C=O) groups is 1. The Balaban J connectivity index is 1.25. The highest BCUT2D eigenvalue weighted by Crippen LogP contribution is 2.20. The minimum absolute atomic E-state index is 0.134. The summed E-state index contributed by atoms with van der Waals surface area (Å²) in [5.41, 5.74) is 2.19. The van der Waals surface area contributed by atoms with Gasteiger partial charge < -0.3 is 14.6 Å². The van der Waals surface area contributed by atoms with Gasteiger partial charge in [0, 0.05) is 62.7 Å². The lowest BCUT2D eigenvalue weighted by molar-refractivity contribution is -0.116. The first kappa shape index (κ1) is 19.1. The van der Waals surface area contributed by atoms with Crippen LogP contribution in [0.25, 0.3) is 11.1 Å². The quantitative estimate of drug-likeness (QED) is 0.686. The molecule has 7 nitrogen and oxygen atoms in total. The van der Waals surface area contributed by atoms with Crippen molar-refractivity contribution in [2.75, 3.05) is 42.9 Å². The smallest absolute Gasteiger partial charge is 0.408 e. The average molecular weight is 402 g/mol. The molecule has 1 aliphatic heterocycles. The summed E-state index contributed by atoms with van der Waals surface area (Å²) in [4.78, 5) is 30.1. The number of nitrogens with zero attached hydrogens (tertiary/aromatic N) is 2. The van der Waals surface area contributed by atoms with Gasteiger partial charge in [-0.15, -0.1) is 0 Å². The number of anilines is 2. The minimum atomic E-state index is -0.851. The van der Waals surface area contributed by atoms with Gasteiger partial charge in [0.05, 0.1) is 5.52 Å². The Morgan fingerprint density at radius 3 is 2.62 bits per heavy atom. The Morgan fingerprint density at radius 2 is 1.86 bits per heavy atom. The van der Waals surface area contributed by atoms with Crippen LogP contribution in [0.1, 0.15) is 6.42 Å². The Morgan fingerprint density at radius 1 is 1.07 bits per heavy atom. The van der Waals surface area contributed by atoms with Gasteiger partial charge in [-0.3, -0.25) is 14.7 Å². The van der Waals surface area contributed by atoms with E-state index in [9.17, 15) is 18.4 Å². The third kappa shape index (κ3) is 4.45. The summed E-state index contributed by atoms with van der Waals surface area (Å²) >= 11 is 0. The van der Waals surface area contributed by atoms with E-state index in [1.807, 2.05) is 4.90 Å². The van der Waals surface area contributed by atoms with E-state index in [2.05, 4.69) is 15.2 Å². The number of halogens is 2. The molecule has 0 unspecified atom stereocenters. The normalized spacial score (nSPS) is 15.0. The Bertz CT molecular complexity index is 1090. The molecular weight excluding hydrogens is 382 g/mol. The summed E-state index contributed by atoms with van der Waals surface area (Å²) < 4.78 is 31.5. The van der Waals surface area contributed by atoms with Crippen molar-refractivity contribution in [1.82, 2.24) is 9.88 Å². The first-order chi connectivity index (χ1) is 14.0. The zero-order valence-corrected chi connectivity index (χ0v) is 15.6. The van der Waals surface area contributed by atoms with Crippen molar-refractivity contribution >= 4 is 28.4 Å². The average Bonchev–Trinajstić information content (AvgIpc) is 3.08. The number of oxazole rings is 1. The second kappa shape index (κ2) is 8.04. The standard InChI is InChI=1S/C20H20F2N4O3/c21-15-3-2-14(12-16(15)22)26-9-7-25(8-10-26)6-5-19(27)23-13-1-4-17-18(11-13)29-20(28)24-17/h1-4,11-12H,5-10H2,(H,23,27)(H,24,28). The number of aromatic amines is 1. The monoisotopic (exact) mass is 402 g/mol. The number of amides is 1. The number of aromatic nitrogens is 1. The predicted octanol–water partition coefficient (Wildman–Crippen LogP) is 2.55. The number of piperazine rings is 1. The summed E-state index contributed by atoms with van der Waals surface area (Å²) in [6, 6.07) is 8.90. The molecule has 0 bridgehead atoms. The lowest BCUT2D eigenvalue weighted by Gasteiger charge is -2.36. The molecule has 9 heteroatoms. The van der Waals surface area contributed by atoms with Crippen LogP contribution < -0.4 is 16.0 Å². The third-order valence-electron chi connectivity index (χ3n) is 5.00. The van der Waals surface area contributed by atoms with E-state index in [0.29, 0.717) is 48.5 Å². The number of H-pyrrole nitrogens is 1. The van der Waals surface area contributed by atoms with Gasteiger partial charge in [0.2, 0.25) is 5.91 Å². The lowest BCUT2D eigenvalue weighted by atomic mass is 10.2. The van der Waals surface area contributed by atoms with Gasteiger partial charge >= 0.3 is 5.76 Å². The first-order valence-electron chi connectivity index (χ1n) is 9.33. The van der Waals surface area contributed by atoms with Gasteiger partial charge in [0.1, 0.15) is 0 Å². The van der Waals surface area contributed by atoms with Gasteiger partial charge in [-0.2, -0.15) is 0 Å². The molecule has 1 aliphatic rings. The number of hydrogen-bond acceptors (Lipinski definition) is 5. The van der Waals surface area contributed by atoms with Gasteiger partial charge in [0.15, 0.2) is 17.2 Å². The maximum atomic E-state index is 13.4. The molecule has 1 saturated heterocycles. The fourth-order valence-corrected chi connectivity index (χ4v) is 3.42. The zero-order valence-electron chi connectivity index (χ0n) is 15.6. The number of hydrogen-bond donors (Lipinski definition) is 2. The van der Waals surface area contributed by atoms with Crippen LogP contribution >= 0.6 is 0 Å². The Labute approximate surface area is 164 Å². The van der Waals surface area contributed by atoms with Crippen LogP contribution in [0.2, 0.25) is 0 Å². The van der Waals surface area contributed by atoms with Crippen LogP contribution in [0.15, 0.2) is 45.6 Å². The predicted molar refractivity (Wildman–Crippen MR) is 105 cm³/mol. The van der Waals surface area contributed by atoms with Gasteiger partial charge in [-0.05, 0) is 24.3 Å². The van der Waals surface area contributed by atoms with Crippen molar-refractivity contribution in [1.29, 1.82) is 0 Å². The maximum Gasteiger partial charge on any atom is 0.417 e. The number of benzene rings is 2. The van der Waals surface area contributed by atoms with Crippen molar-refractivity contribution in [3.8, 4) is 0 Å². The lowest BCUT2D eigenvalue weighted by Crippen LogP contribution is -2.47. The Kier molecular flexibility index (Phi) is 5.30. The van der Waals surface area contributed by atoms with Crippen molar-refractivity contribution in [3.63, 3.8) is 0 Å². The summed E-state index contributed by atoms with van der Waals surface area (Å²) in [7, 11) is 0. The molecule has 1 amide bonds. The molecule has 0 spiro atoms. The third-order valence-corrected chi connectivity index (χ3v) is 5.00. The molecule has 152 valence electrons. The molecule has 2 N–H and O–H groups in total. The molecular formula is C20H20F2N4O3. The van der Waals surface area contributed by atoms with Gasteiger partial charge in [-0.1, -0.05) is 0 Å². The SMILES string of the molecule is O=C(CCN1CCN(c2ccc(F)c(F)c2)CC1)Nc1ccc2[nH]c(=O)oc2c1. The maximum absolute atomic E-state index is 13.4. The van der Waals surface area contributed by atoms with E-state index in [1.165, 1.54) is 6.07 Å². The van der Waals surface area contributed by atoms with Crippen LogP contribution in [0.5, 0.6) is 0 Å². The summed E-state index contributed by atoms with van der Waals surface area (Å²) in [6.07, 6.45) is 0.320. The topological polar surface area (TPSA) is 81.6 Å². The fraction of sp³-hybridized carbons (Fsp3) is 0.300. The molecule has 1 fully saturated rings. The highest BCUT2D eigenvalue weighted by Gasteiger charge is 2.19. The van der Waals surface area contributed by atoms with E-state index < -0.39 is 17.4 Å². The van der Waals surface area contributed by atoms with Gasteiger partial charge in [0.25, 0.3) is 0 Å². The second-order valence-electron chi connectivity index (χ2n) is 6.95. The number of rotatable bonds is 5. The van der Waals surface area contributed by atoms with E-state index >= 15 is 0 Å². The molecule has 4 rings (SSSR count). The second-order valence-corrected chi connectivity index (χ2v) is 6.95. The molecule has 2 aromatic carbocycles. The number of fused-ring (bicyclic) bond motifs is 1. The minimum Gasteiger partial charge on any atom is -0.408 e. The molecule has 3 aromatic rings. The van der Waals surface area contributed by atoms with Crippen LogP contribution in [0.4, 0.5) is 20.2 Å². The van der Waals surface area contributed by atoms with E-state index in [-0.39, 0.29) is 5.91 Å². The largest absolute Gasteiger partial charge is 0.417 e. The molecule has 29 heavy (non-hydrogen) atoms. The Hall–Kier alpha value is -3.20. The van der Waals surface area contributed by atoms with Crippen molar-refractivity contribution in [2.24, 2.45) is 0 Å². The van der Waals surface area contributed by atoms with Crippen LogP contribution in [0, 0.1) is 11.6 Å². The molecule has 0 radical (unpaired) electrons. The zero-order chi connectivity index (χ0) is 20.4. The molecule has 0 saturated carbocycles. The molecule has 0 atom stereocenters. The fourth-order valence-electron chi connectivity index (χ4n) is 3.42. The van der Waals surface area contributed by atoms with E-state index in [1.54, 1.807) is 24.3 Å². The first-order valence-corrected chi connectivity index (χ1v) is 9.33. The van der Waals surface area contributed by atoms with Gasteiger partial charge in [-0.25, -0.2) is 13.6 Å². The molecule has 0 aliphatic carbocycles. The summed E-state index contributed by atoms with van der Waals surface area (Å²) in [6.45, 7) is 3.41. The highest BCUT2D eigenvalue weighted by atomic mass is 19.2. The summed E-state index contributed by atoms with van der Waals surface area (Å²) in [5.74, 6) is -2.37. The molecule has 2 heterocycles. The van der Waals surface area contributed by atoms with Crippen LogP contribution in [-0.4, -0.2) is 48.5 Å². The number of carbonyl (C=O) groups excluding carboxylic acids is 1. The van der Waals surface area contributed by atoms with E-state index in [0.717, 1.165) is 19.2 Å². The van der Waals surface area contributed by atoms with Crippen LogP contribution in [0.3, 0.4) is 0 Å². The number of nitrogens with one attached hydrogen (secondary N) is 2. The molecule has 1 aromatic heterocycles. The van der Waals surface area contributed by atoms with Crippen LogP contribution in [-0.2, 0) is 4.79 Å². The highest BCUT2D eigenvalue weighted by molar-refractivity contribution is 5.92. The summed E-state index contributed by atoms with van der Waals surface area (Å²) in [5, 5.41) is 2.80.